The van der Waals surface area contributed by atoms with Crippen LogP contribution in [0.3, 0.4) is 0 Å². The van der Waals surface area contributed by atoms with Crippen LogP contribution in [0.15, 0.2) is 59.1 Å². The van der Waals surface area contributed by atoms with E-state index >= 15 is 0 Å². The van der Waals surface area contributed by atoms with Crippen molar-refractivity contribution in [2.45, 2.75) is 23.6 Å². The summed E-state index contributed by atoms with van der Waals surface area (Å²) in [5.74, 6) is 0.333. The second kappa shape index (κ2) is 5.85. The maximum absolute atomic E-state index is 12.9. The molecule has 0 unspecified atom stereocenters. The molecule has 1 nitrogen and oxygen atoms in total. The summed E-state index contributed by atoms with van der Waals surface area (Å²) in [6, 6.07) is 18.2. The molecule has 0 aromatic heterocycles. The van der Waals surface area contributed by atoms with Gasteiger partial charge in [-0.2, -0.15) is 0 Å². The van der Waals surface area contributed by atoms with Crippen LogP contribution in [0.4, 0.5) is 0 Å². The maximum atomic E-state index is 12.9. The van der Waals surface area contributed by atoms with Gasteiger partial charge in [-0.1, -0.05) is 0 Å². The zero-order valence-corrected chi connectivity index (χ0v) is 14.3. The zero-order valence-electron chi connectivity index (χ0n) is 11.0. The van der Waals surface area contributed by atoms with Crippen LogP contribution in [0.25, 0.3) is 0 Å². The van der Waals surface area contributed by atoms with Gasteiger partial charge in [0.25, 0.3) is 0 Å². The van der Waals surface area contributed by atoms with Gasteiger partial charge in [-0.25, -0.2) is 0 Å². The second-order valence-corrected chi connectivity index (χ2v) is 9.07. The van der Waals surface area contributed by atoms with E-state index in [1.165, 1.54) is 10.9 Å². The molecular formula is C17H15BrOSe. The van der Waals surface area contributed by atoms with E-state index in [1.807, 2.05) is 30.3 Å². The molecule has 1 aliphatic rings. The average molecular weight is 394 g/mol. The average Bonchev–Trinajstić information content (AvgIpc) is 2.44. The number of carbonyl (C=O) groups excluding carboxylic acids is 1. The zero-order chi connectivity index (χ0) is 14.0. The fourth-order valence-corrected chi connectivity index (χ4v) is 5.75. The number of ketones is 1. The molecule has 2 aromatic rings. The number of benzene rings is 2. The first-order valence-corrected chi connectivity index (χ1v) is 9.25. The predicted octanol–water partition coefficient (Wildman–Crippen LogP) is 4.00. The summed E-state index contributed by atoms with van der Waals surface area (Å²) in [6.07, 6.45) is 3.25. The number of hydrogen-bond acceptors (Lipinski definition) is 1. The Morgan fingerprint density at radius 3 is 2.20 bits per heavy atom. The van der Waals surface area contributed by atoms with Gasteiger partial charge in [0.1, 0.15) is 0 Å². The van der Waals surface area contributed by atoms with Crippen LogP contribution in [0.2, 0.25) is 4.31 Å². The molecule has 1 saturated carbocycles. The van der Waals surface area contributed by atoms with Crippen molar-refractivity contribution in [1.82, 2.24) is 0 Å². The number of halogens is 1. The monoisotopic (exact) mass is 394 g/mol. The third-order valence-electron chi connectivity index (χ3n) is 3.74. The molecular weight excluding hydrogens is 379 g/mol. The molecule has 20 heavy (non-hydrogen) atoms. The number of rotatable bonds is 4. The molecule has 0 saturated heterocycles. The van der Waals surface area contributed by atoms with Gasteiger partial charge in [0, 0.05) is 0 Å². The molecule has 0 amide bonds. The Balaban J connectivity index is 1.85. The molecule has 0 spiro atoms. The quantitative estimate of drug-likeness (QED) is 0.566. The van der Waals surface area contributed by atoms with Crippen molar-refractivity contribution in [2.24, 2.45) is 0 Å². The van der Waals surface area contributed by atoms with Crippen LogP contribution in [-0.2, 0) is 0 Å². The molecule has 0 atom stereocenters. The third kappa shape index (κ3) is 2.76. The molecule has 0 bridgehead atoms. The van der Waals surface area contributed by atoms with Gasteiger partial charge in [-0.05, 0) is 0 Å². The molecule has 1 fully saturated rings. The van der Waals surface area contributed by atoms with E-state index in [4.69, 9.17) is 0 Å². The Morgan fingerprint density at radius 2 is 1.65 bits per heavy atom. The van der Waals surface area contributed by atoms with E-state index in [9.17, 15) is 4.79 Å². The van der Waals surface area contributed by atoms with E-state index in [-0.39, 0.29) is 19.3 Å². The van der Waals surface area contributed by atoms with Crippen molar-refractivity contribution >= 4 is 41.1 Å². The first kappa shape index (κ1) is 14.1. The molecule has 1 aliphatic carbocycles. The SMILES string of the molecule is O=C(c1ccc(Br)cc1)C1([Se]c2ccccc2)CCC1. The second-order valence-electron chi connectivity index (χ2n) is 5.10. The standard InChI is InChI=1S/C17H15BrOSe/c18-14-9-7-13(8-10-14)16(19)17(11-4-12-17)20-15-5-2-1-3-6-15/h1-3,5-10H,4,11-12H2. The summed E-state index contributed by atoms with van der Waals surface area (Å²) >= 11 is 3.64. The van der Waals surface area contributed by atoms with Gasteiger partial charge < -0.3 is 0 Å². The molecule has 0 aliphatic heterocycles. The minimum atomic E-state index is -0.109. The van der Waals surface area contributed by atoms with Gasteiger partial charge in [0.2, 0.25) is 0 Å². The van der Waals surface area contributed by atoms with Crippen molar-refractivity contribution in [3.05, 3.63) is 64.6 Å². The van der Waals surface area contributed by atoms with E-state index in [0.717, 1.165) is 22.9 Å². The van der Waals surface area contributed by atoms with E-state index < -0.39 is 0 Å². The number of carbonyl (C=O) groups is 1. The Labute approximate surface area is 134 Å². The minimum absolute atomic E-state index is 0.109. The van der Waals surface area contributed by atoms with E-state index in [2.05, 4.69) is 40.2 Å². The van der Waals surface area contributed by atoms with Crippen molar-refractivity contribution in [2.75, 3.05) is 0 Å². The van der Waals surface area contributed by atoms with Gasteiger partial charge >= 0.3 is 134 Å². The van der Waals surface area contributed by atoms with Crippen LogP contribution in [0, 0.1) is 0 Å². The van der Waals surface area contributed by atoms with Gasteiger partial charge in [0.15, 0.2) is 0 Å². The Hall–Kier alpha value is -0.891. The van der Waals surface area contributed by atoms with Gasteiger partial charge in [0.05, 0.1) is 0 Å². The van der Waals surface area contributed by atoms with Gasteiger partial charge in [-0.3, -0.25) is 0 Å². The summed E-state index contributed by atoms with van der Waals surface area (Å²) in [6.45, 7) is 0. The first-order chi connectivity index (χ1) is 9.70. The fourth-order valence-electron chi connectivity index (χ4n) is 2.45. The topological polar surface area (TPSA) is 17.1 Å². The van der Waals surface area contributed by atoms with Crippen LogP contribution in [-0.4, -0.2) is 20.7 Å². The molecule has 0 heterocycles. The molecule has 3 rings (SSSR count). The normalized spacial score (nSPS) is 16.4. The van der Waals surface area contributed by atoms with E-state index in [0.29, 0.717) is 5.78 Å². The Bertz CT molecular complexity index is 603. The van der Waals surface area contributed by atoms with Crippen molar-refractivity contribution in [1.29, 1.82) is 0 Å². The van der Waals surface area contributed by atoms with Crippen LogP contribution in [0.1, 0.15) is 29.6 Å². The fraction of sp³-hybridized carbons (Fsp3) is 0.235. The predicted molar refractivity (Wildman–Crippen MR) is 86.8 cm³/mol. The summed E-state index contributed by atoms with van der Waals surface area (Å²) in [5, 5.41) is 0. The molecule has 3 heteroatoms. The Kier molecular flexibility index (Phi) is 4.11. The summed E-state index contributed by atoms with van der Waals surface area (Å²) in [5.41, 5.74) is 0.853. The van der Waals surface area contributed by atoms with Crippen LogP contribution >= 0.6 is 15.9 Å². The molecule has 102 valence electrons. The molecule has 2 aromatic carbocycles. The van der Waals surface area contributed by atoms with E-state index in [1.54, 1.807) is 0 Å². The molecule has 0 radical (unpaired) electrons. The van der Waals surface area contributed by atoms with Crippen molar-refractivity contribution < 1.29 is 4.79 Å². The summed E-state index contributed by atoms with van der Waals surface area (Å²) in [7, 11) is 0. The molecule has 0 N–H and O–H groups in total. The number of Topliss-reactive ketones (excluding diaryl/α,β-unsaturated/α-hetero) is 1. The number of hydrogen-bond donors (Lipinski definition) is 0. The summed E-state index contributed by atoms with van der Waals surface area (Å²) in [4.78, 5) is 12.9. The van der Waals surface area contributed by atoms with Crippen LogP contribution in [0.5, 0.6) is 0 Å². The first-order valence-electron chi connectivity index (χ1n) is 6.74. The van der Waals surface area contributed by atoms with Gasteiger partial charge in [-0.15, -0.1) is 0 Å². The van der Waals surface area contributed by atoms with Crippen molar-refractivity contribution in [3.8, 4) is 0 Å². The van der Waals surface area contributed by atoms with Crippen LogP contribution < -0.4 is 4.46 Å². The third-order valence-corrected chi connectivity index (χ3v) is 7.40. The van der Waals surface area contributed by atoms with Crippen molar-refractivity contribution in [3.63, 3.8) is 0 Å². The summed E-state index contributed by atoms with van der Waals surface area (Å²) < 4.78 is 2.23. The Morgan fingerprint density at radius 1 is 1.00 bits per heavy atom.